The first-order valence-corrected chi connectivity index (χ1v) is 9.26. The van der Waals surface area contributed by atoms with Gasteiger partial charge >= 0.3 is 6.03 Å². The standard InChI is InChI=1S/C19H15BrF2N2O4/c1-19(11-2-3-13(21)14(22)7-11)17(25)24(18(26)23-19)9-10-6-15-16(8-12(10)20)28-5-4-27-15/h2-3,6-8H,4-5,9H2,1H3,(H,23,26). The number of nitrogens with zero attached hydrogens (tertiary/aromatic N) is 1. The van der Waals surface area contributed by atoms with Crippen LogP contribution in [0.5, 0.6) is 11.5 Å². The highest BCUT2D eigenvalue weighted by molar-refractivity contribution is 9.10. The molecular formula is C19H15BrF2N2O4. The fourth-order valence-corrected chi connectivity index (χ4v) is 3.69. The molecule has 2 aliphatic heterocycles. The average Bonchev–Trinajstić information content (AvgIpc) is 2.88. The van der Waals surface area contributed by atoms with Crippen LogP contribution in [-0.2, 0) is 16.9 Å². The topological polar surface area (TPSA) is 67.9 Å². The Morgan fingerprint density at radius 3 is 2.46 bits per heavy atom. The lowest BCUT2D eigenvalue weighted by atomic mass is 9.92. The van der Waals surface area contributed by atoms with Gasteiger partial charge in [-0.1, -0.05) is 22.0 Å². The highest BCUT2D eigenvalue weighted by Crippen LogP contribution is 2.37. The van der Waals surface area contributed by atoms with Gasteiger partial charge in [-0.25, -0.2) is 13.6 Å². The molecule has 3 amide bonds. The van der Waals surface area contributed by atoms with Gasteiger partial charge in [-0.3, -0.25) is 9.69 Å². The van der Waals surface area contributed by atoms with Crippen LogP contribution in [-0.4, -0.2) is 30.1 Å². The predicted octanol–water partition coefficient (Wildman–Crippen LogP) is 3.47. The molecule has 1 N–H and O–H groups in total. The second-order valence-corrected chi connectivity index (χ2v) is 7.52. The maximum absolute atomic E-state index is 13.6. The van der Waals surface area contributed by atoms with Crippen molar-refractivity contribution in [1.29, 1.82) is 0 Å². The molecule has 1 fully saturated rings. The number of ether oxygens (including phenoxy) is 2. The Balaban J connectivity index is 1.64. The minimum absolute atomic E-state index is 0.0266. The highest BCUT2D eigenvalue weighted by atomic mass is 79.9. The number of fused-ring (bicyclic) bond motifs is 1. The molecule has 1 atom stereocenters. The Morgan fingerprint density at radius 2 is 1.79 bits per heavy atom. The van der Waals surface area contributed by atoms with E-state index in [0.29, 0.717) is 34.7 Å². The zero-order chi connectivity index (χ0) is 20.1. The number of urea groups is 1. The van der Waals surface area contributed by atoms with Crippen molar-refractivity contribution in [3.05, 3.63) is 57.6 Å². The van der Waals surface area contributed by atoms with Crippen molar-refractivity contribution in [3.8, 4) is 11.5 Å². The molecule has 2 aliphatic rings. The van der Waals surface area contributed by atoms with E-state index in [1.54, 1.807) is 12.1 Å². The number of carbonyl (C=O) groups excluding carboxylic acids is 2. The highest BCUT2D eigenvalue weighted by Gasteiger charge is 2.49. The molecule has 0 saturated carbocycles. The van der Waals surface area contributed by atoms with Crippen LogP contribution in [0, 0.1) is 11.6 Å². The van der Waals surface area contributed by atoms with Gasteiger partial charge in [-0.15, -0.1) is 0 Å². The maximum atomic E-state index is 13.6. The number of hydrogen-bond donors (Lipinski definition) is 1. The van der Waals surface area contributed by atoms with E-state index in [1.165, 1.54) is 13.0 Å². The number of rotatable bonds is 3. The first-order valence-electron chi connectivity index (χ1n) is 8.47. The summed E-state index contributed by atoms with van der Waals surface area (Å²) in [4.78, 5) is 26.5. The molecule has 0 bridgehead atoms. The molecule has 4 rings (SSSR count). The molecule has 0 aromatic heterocycles. The van der Waals surface area contributed by atoms with Crippen molar-refractivity contribution in [3.63, 3.8) is 0 Å². The fraction of sp³-hybridized carbons (Fsp3) is 0.263. The van der Waals surface area contributed by atoms with E-state index in [-0.39, 0.29) is 12.1 Å². The number of halogens is 3. The smallest absolute Gasteiger partial charge is 0.325 e. The Morgan fingerprint density at radius 1 is 1.11 bits per heavy atom. The summed E-state index contributed by atoms with van der Waals surface area (Å²) in [6.45, 7) is 2.28. The van der Waals surface area contributed by atoms with E-state index in [0.717, 1.165) is 17.0 Å². The second-order valence-electron chi connectivity index (χ2n) is 6.66. The zero-order valence-electron chi connectivity index (χ0n) is 14.7. The van der Waals surface area contributed by atoms with Gasteiger partial charge in [0.25, 0.3) is 5.91 Å². The molecule has 0 radical (unpaired) electrons. The molecule has 6 nitrogen and oxygen atoms in total. The molecule has 2 aromatic rings. The number of imide groups is 1. The van der Waals surface area contributed by atoms with Gasteiger partial charge in [0.1, 0.15) is 18.8 Å². The number of benzene rings is 2. The van der Waals surface area contributed by atoms with Crippen molar-refractivity contribution < 1.29 is 27.8 Å². The van der Waals surface area contributed by atoms with Gasteiger partial charge in [0.05, 0.1) is 6.54 Å². The Labute approximate surface area is 167 Å². The predicted molar refractivity (Wildman–Crippen MR) is 97.9 cm³/mol. The van der Waals surface area contributed by atoms with Crippen LogP contribution in [0.1, 0.15) is 18.1 Å². The van der Waals surface area contributed by atoms with Gasteiger partial charge < -0.3 is 14.8 Å². The third kappa shape index (κ3) is 2.99. The molecule has 28 heavy (non-hydrogen) atoms. The van der Waals surface area contributed by atoms with Gasteiger partial charge in [0.2, 0.25) is 0 Å². The van der Waals surface area contributed by atoms with Crippen LogP contribution >= 0.6 is 15.9 Å². The van der Waals surface area contributed by atoms with E-state index >= 15 is 0 Å². The van der Waals surface area contributed by atoms with Gasteiger partial charge in [0.15, 0.2) is 23.1 Å². The summed E-state index contributed by atoms with van der Waals surface area (Å²) in [7, 11) is 0. The molecule has 0 aliphatic carbocycles. The average molecular weight is 453 g/mol. The van der Waals surface area contributed by atoms with Gasteiger partial charge in [0, 0.05) is 4.47 Å². The van der Waals surface area contributed by atoms with Crippen LogP contribution in [0.3, 0.4) is 0 Å². The molecular weight excluding hydrogens is 438 g/mol. The summed E-state index contributed by atoms with van der Waals surface area (Å²) in [5.74, 6) is -1.58. The SMILES string of the molecule is CC1(c2ccc(F)c(F)c2)NC(=O)N(Cc2cc3c(cc2Br)OCCO3)C1=O. The molecule has 2 aromatic carbocycles. The summed E-state index contributed by atoms with van der Waals surface area (Å²) in [6, 6.07) is 5.91. The summed E-state index contributed by atoms with van der Waals surface area (Å²) in [6.07, 6.45) is 0. The molecule has 146 valence electrons. The lowest BCUT2D eigenvalue weighted by Gasteiger charge is -2.23. The summed E-state index contributed by atoms with van der Waals surface area (Å²) in [5, 5.41) is 2.57. The van der Waals surface area contributed by atoms with Crippen LogP contribution in [0.25, 0.3) is 0 Å². The molecule has 1 unspecified atom stereocenters. The Bertz CT molecular complexity index is 1000. The minimum atomic E-state index is -1.49. The monoisotopic (exact) mass is 452 g/mol. The lowest BCUT2D eigenvalue weighted by Crippen LogP contribution is -2.41. The largest absolute Gasteiger partial charge is 0.486 e. The van der Waals surface area contributed by atoms with E-state index in [9.17, 15) is 18.4 Å². The second kappa shape index (κ2) is 6.73. The van der Waals surface area contributed by atoms with E-state index in [1.807, 2.05) is 0 Å². The van der Waals surface area contributed by atoms with Crippen LogP contribution < -0.4 is 14.8 Å². The van der Waals surface area contributed by atoms with Gasteiger partial charge in [-0.05, 0) is 42.3 Å². The van der Waals surface area contributed by atoms with E-state index < -0.39 is 29.1 Å². The molecule has 9 heteroatoms. The summed E-state index contributed by atoms with van der Waals surface area (Å²) in [5.41, 5.74) is -0.692. The number of nitrogens with one attached hydrogen (secondary N) is 1. The quantitative estimate of drug-likeness (QED) is 0.724. The van der Waals surface area contributed by atoms with Crippen LogP contribution in [0.4, 0.5) is 13.6 Å². The van der Waals surface area contributed by atoms with Gasteiger partial charge in [-0.2, -0.15) is 0 Å². The number of hydrogen-bond acceptors (Lipinski definition) is 4. The summed E-state index contributed by atoms with van der Waals surface area (Å²) >= 11 is 3.42. The molecule has 1 saturated heterocycles. The van der Waals surface area contributed by atoms with Crippen LogP contribution in [0.15, 0.2) is 34.8 Å². The first-order chi connectivity index (χ1) is 13.3. The maximum Gasteiger partial charge on any atom is 0.325 e. The van der Waals surface area contributed by atoms with Crippen molar-refractivity contribution >= 4 is 27.9 Å². The van der Waals surface area contributed by atoms with Crippen molar-refractivity contribution in [1.82, 2.24) is 10.2 Å². The third-order valence-electron chi connectivity index (χ3n) is 4.81. The normalized spacial score (nSPS) is 21.1. The lowest BCUT2D eigenvalue weighted by molar-refractivity contribution is -0.131. The van der Waals surface area contributed by atoms with E-state index in [2.05, 4.69) is 21.2 Å². The van der Waals surface area contributed by atoms with E-state index in [4.69, 9.17) is 9.47 Å². The number of carbonyl (C=O) groups is 2. The number of amides is 3. The van der Waals surface area contributed by atoms with Crippen molar-refractivity contribution in [2.24, 2.45) is 0 Å². The summed E-state index contributed by atoms with van der Waals surface area (Å²) < 4.78 is 38.6. The van der Waals surface area contributed by atoms with Crippen molar-refractivity contribution in [2.45, 2.75) is 19.0 Å². The first kappa shape index (κ1) is 18.7. The molecule has 0 spiro atoms. The minimum Gasteiger partial charge on any atom is -0.486 e. The third-order valence-corrected chi connectivity index (χ3v) is 5.55. The van der Waals surface area contributed by atoms with Crippen LogP contribution in [0.2, 0.25) is 0 Å². The zero-order valence-corrected chi connectivity index (χ0v) is 16.3. The Kier molecular flexibility index (Phi) is 4.49. The fourth-order valence-electron chi connectivity index (χ4n) is 3.24. The molecule has 2 heterocycles. The van der Waals surface area contributed by atoms with Crippen molar-refractivity contribution in [2.75, 3.05) is 13.2 Å². The Hall–Kier alpha value is -2.68.